The Morgan fingerprint density at radius 3 is 2.50 bits per heavy atom. The lowest BCUT2D eigenvalue weighted by molar-refractivity contribution is 0.542. The predicted molar refractivity (Wildman–Crippen MR) is 43.8 cm³/mol. The van der Waals surface area contributed by atoms with Crippen molar-refractivity contribution in [2.45, 2.75) is 13.0 Å². The van der Waals surface area contributed by atoms with Crippen LogP contribution in [0.4, 0.5) is 8.78 Å². The Bertz CT molecular complexity index is 273. The minimum Gasteiger partial charge on any atom is -0.313 e. The molecular weight excluding hydrogens is 160 g/mol. The molecular formula is C9H11F2N. The van der Waals surface area contributed by atoms with Crippen molar-refractivity contribution in [2.75, 3.05) is 7.05 Å². The molecule has 1 atom stereocenters. The highest BCUT2D eigenvalue weighted by atomic mass is 19.1. The summed E-state index contributed by atoms with van der Waals surface area (Å²) < 4.78 is 25.5. The van der Waals surface area contributed by atoms with Crippen LogP contribution in [-0.4, -0.2) is 7.05 Å². The average molecular weight is 171 g/mol. The van der Waals surface area contributed by atoms with Crippen LogP contribution < -0.4 is 5.32 Å². The summed E-state index contributed by atoms with van der Waals surface area (Å²) in [5.74, 6) is -1.04. The zero-order valence-corrected chi connectivity index (χ0v) is 7.07. The Morgan fingerprint density at radius 1 is 1.33 bits per heavy atom. The molecule has 3 heteroatoms. The minimum atomic E-state index is -0.542. The van der Waals surface area contributed by atoms with Gasteiger partial charge in [-0.2, -0.15) is 0 Å². The fraction of sp³-hybridized carbons (Fsp3) is 0.333. The van der Waals surface area contributed by atoms with Gasteiger partial charge in [-0.3, -0.25) is 0 Å². The van der Waals surface area contributed by atoms with Gasteiger partial charge in [-0.15, -0.1) is 0 Å². The van der Waals surface area contributed by atoms with Crippen LogP contribution >= 0.6 is 0 Å². The van der Waals surface area contributed by atoms with Gasteiger partial charge in [0.15, 0.2) is 0 Å². The van der Waals surface area contributed by atoms with Crippen molar-refractivity contribution in [3.63, 3.8) is 0 Å². The fourth-order valence-corrected chi connectivity index (χ4v) is 1.01. The molecule has 0 aliphatic carbocycles. The molecule has 0 aliphatic heterocycles. The molecule has 0 saturated carbocycles. The highest BCUT2D eigenvalue weighted by Gasteiger charge is 2.08. The van der Waals surface area contributed by atoms with E-state index in [0.717, 1.165) is 6.07 Å². The summed E-state index contributed by atoms with van der Waals surface area (Å²) in [6, 6.07) is 3.51. The van der Waals surface area contributed by atoms with E-state index in [1.165, 1.54) is 12.1 Å². The minimum absolute atomic E-state index is 0.0920. The summed E-state index contributed by atoms with van der Waals surface area (Å²) in [5.41, 5.74) is 0.485. The van der Waals surface area contributed by atoms with Gasteiger partial charge < -0.3 is 5.32 Å². The highest BCUT2D eigenvalue weighted by Crippen LogP contribution is 2.16. The van der Waals surface area contributed by atoms with Crippen LogP contribution in [0.1, 0.15) is 18.5 Å². The lowest BCUT2D eigenvalue weighted by Crippen LogP contribution is -2.13. The Labute approximate surface area is 70.4 Å². The smallest absolute Gasteiger partial charge is 0.130 e. The van der Waals surface area contributed by atoms with Gasteiger partial charge in [0, 0.05) is 17.7 Å². The molecule has 0 spiro atoms. The molecule has 1 aromatic carbocycles. The number of rotatable bonds is 2. The Balaban J connectivity index is 3.01. The molecule has 0 radical (unpaired) electrons. The maximum absolute atomic E-state index is 13.0. The van der Waals surface area contributed by atoms with Crippen LogP contribution in [-0.2, 0) is 0 Å². The molecule has 1 aromatic rings. The number of halogens is 2. The van der Waals surface area contributed by atoms with Gasteiger partial charge in [-0.1, -0.05) is 6.07 Å². The normalized spacial score (nSPS) is 13.0. The topological polar surface area (TPSA) is 12.0 Å². The van der Waals surface area contributed by atoms with Crippen LogP contribution in [0.2, 0.25) is 0 Å². The monoisotopic (exact) mass is 171 g/mol. The third-order valence-electron chi connectivity index (χ3n) is 1.86. The Morgan fingerprint density at radius 2 is 2.00 bits per heavy atom. The van der Waals surface area contributed by atoms with Gasteiger partial charge in [0.25, 0.3) is 0 Å². The first-order chi connectivity index (χ1) is 5.65. The van der Waals surface area contributed by atoms with E-state index < -0.39 is 11.6 Å². The maximum atomic E-state index is 13.0. The molecule has 0 amide bonds. The molecule has 12 heavy (non-hydrogen) atoms. The van der Waals surface area contributed by atoms with Gasteiger partial charge in [0.05, 0.1) is 0 Å². The second-order valence-corrected chi connectivity index (χ2v) is 2.68. The number of hydrogen-bond donors (Lipinski definition) is 1. The summed E-state index contributed by atoms with van der Waals surface area (Å²) in [6.45, 7) is 1.82. The Kier molecular flexibility index (Phi) is 2.76. The van der Waals surface area contributed by atoms with Crippen molar-refractivity contribution >= 4 is 0 Å². The molecule has 0 saturated heterocycles. The maximum Gasteiger partial charge on any atom is 0.130 e. The molecule has 1 unspecified atom stereocenters. The van der Waals surface area contributed by atoms with E-state index in [0.29, 0.717) is 5.56 Å². The van der Waals surface area contributed by atoms with E-state index in [1.807, 2.05) is 6.92 Å². The largest absolute Gasteiger partial charge is 0.313 e. The van der Waals surface area contributed by atoms with E-state index in [-0.39, 0.29) is 6.04 Å². The van der Waals surface area contributed by atoms with E-state index in [4.69, 9.17) is 0 Å². The lowest BCUT2D eigenvalue weighted by Gasteiger charge is -2.10. The fourth-order valence-electron chi connectivity index (χ4n) is 1.01. The van der Waals surface area contributed by atoms with E-state index in [9.17, 15) is 8.78 Å². The van der Waals surface area contributed by atoms with Crippen molar-refractivity contribution in [3.05, 3.63) is 35.4 Å². The van der Waals surface area contributed by atoms with Crippen molar-refractivity contribution < 1.29 is 8.78 Å². The van der Waals surface area contributed by atoms with Crippen molar-refractivity contribution in [1.29, 1.82) is 0 Å². The highest BCUT2D eigenvalue weighted by molar-refractivity contribution is 5.21. The first kappa shape index (κ1) is 9.13. The van der Waals surface area contributed by atoms with Crippen molar-refractivity contribution in [3.8, 4) is 0 Å². The zero-order valence-electron chi connectivity index (χ0n) is 7.07. The molecule has 66 valence electrons. The first-order valence-corrected chi connectivity index (χ1v) is 3.77. The first-order valence-electron chi connectivity index (χ1n) is 3.77. The van der Waals surface area contributed by atoms with Gasteiger partial charge in [-0.25, -0.2) is 8.78 Å². The molecule has 0 fully saturated rings. The van der Waals surface area contributed by atoms with Crippen LogP contribution in [0, 0.1) is 11.6 Å². The molecule has 1 nitrogen and oxygen atoms in total. The molecule has 1 rings (SSSR count). The zero-order chi connectivity index (χ0) is 9.14. The summed E-state index contributed by atoms with van der Waals surface area (Å²) in [6.07, 6.45) is 0. The molecule has 0 aliphatic rings. The summed E-state index contributed by atoms with van der Waals surface area (Å²) in [4.78, 5) is 0. The van der Waals surface area contributed by atoms with Crippen molar-refractivity contribution in [2.24, 2.45) is 0 Å². The van der Waals surface area contributed by atoms with Gasteiger partial charge in [0.1, 0.15) is 11.6 Å². The SMILES string of the molecule is CNC(C)c1ccc(F)cc1F. The van der Waals surface area contributed by atoms with Gasteiger partial charge >= 0.3 is 0 Å². The van der Waals surface area contributed by atoms with E-state index in [2.05, 4.69) is 5.32 Å². The third-order valence-corrected chi connectivity index (χ3v) is 1.86. The third kappa shape index (κ3) is 1.80. The summed E-state index contributed by atoms with van der Waals surface area (Å²) in [5, 5.41) is 2.88. The van der Waals surface area contributed by atoms with Crippen LogP contribution in [0.25, 0.3) is 0 Å². The molecule has 0 heterocycles. The predicted octanol–water partition coefficient (Wildman–Crippen LogP) is 2.25. The molecule has 1 N–H and O–H groups in total. The second kappa shape index (κ2) is 3.63. The molecule has 0 aromatic heterocycles. The van der Waals surface area contributed by atoms with Crippen molar-refractivity contribution in [1.82, 2.24) is 5.32 Å². The van der Waals surface area contributed by atoms with Crippen LogP contribution in [0.3, 0.4) is 0 Å². The quantitative estimate of drug-likeness (QED) is 0.719. The second-order valence-electron chi connectivity index (χ2n) is 2.68. The summed E-state index contributed by atoms with van der Waals surface area (Å²) in [7, 11) is 1.73. The number of benzene rings is 1. The molecule has 0 bridgehead atoms. The average Bonchev–Trinajstić information content (AvgIpc) is 2.03. The summed E-state index contributed by atoms with van der Waals surface area (Å²) >= 11 is 0. The van der Waals surface area contributed by atoms with E-state index in [1.54, 1.807) is 7.05 Å². The van der Waals surface area contributed by atoms with E-state index >= 15 is 0 Å². The van der Waals surface area contributed by atoms with Gasteiger partial charge in [0.2, 0.25) is 0 Å². The van der Waals surface area contributed by atoms with Crippen LogP contribution in [0.5, 0.6) is 0 Å². The lowest BCUT2D eigenvalue weighted by atomic mass is 10.1. The van der Waals surface area contributed by atoms with Gasteiger partial charge in [-0.05, 0) is 20.0 Å². The Hall–Kier alpha value is -0.960. The number of nitrogens with one attached hydrogen (secondary N) is 1. The standard InChI is InChI=1S/C9H11F2N/c1-6(12-2)8-4-3-7(10)5-9(8)11/h3-6,12H,1-2H3. The van der Waals surface area contributed by atoms with Crippen LogP contribution in [0.15, 0.2) is 18.2 Å². The number of hydrogen-bond acceptors (Lipinski definition) is 1.